The van der Waals surface area contributed by atoms with Crippen LogP contribution in [0.2, 0.25) is 0 Å². The summed E-state index contributed by atoms with van der Waals surface area (Å²) in [4.78, 5) is 39.1. The van der Waals surface area contributed by atoms with Crippen molar-refractivity contribution in [3.8, 4) is 0 Å². The molecule has 0 radical (unpaired) electrons. The van der Waals surface area contributed by atoms with Crippen LogP contribution in [0, 0.1) is 11.8 Å². The minimum atomic E-state index is -6.37. The normalized spacial score (nSPS) is 27.6. The average molecular weight is 775 g/mol. The molecule has 0 amide bonds. The second kappa shape index (κ2) is 13.0. The third-order valence-corrected chi connectivity index (χ3v) is 9.95. The number of hydrogen-bond donors (Lipinski definition) is 2. The molecule has 8 unspecified atom stereocenters. The van der Waals surface area contributed by atoms with Crippen molar-refractivity contribution in [2.24, 2.45) is 11.8 Å². The number of fused-ring (bicyclic) bond motifs is 1. The number of esters is 3. The fourth-order valence-corrected chi connectivity index (χ4v) is 6.87. The van der Waals surface area contributed by atoms with Gasteiger partial charge in [-0.25, -0.2) is 4.79 Å². The molecule has 0 aliphatic carbocycles. The SMILES string of the molecule is C=C(C)C(=O)OC1C2OC(=O)C3C2OC1C3C(=O)OC(CC(C)(C)OC(C)(C)C(C)(O)C(F)(F)F)C(C)(C)OC(C)(C)C(O)(C(F)(F)F)C(F)(F)F. The molecule has 0 aromatic rings. The quantitative estimate of drug-likeness (QED) is 0.112. The lowest BCUT2D eigenvalue weighted by Crippen LogP contribution is -2.71. The van der Waals surface area contributed by atoms with E-state index in [4.69, 9.17) is 28.4 Å². The molecule has 11 nitrogen and oxygen atoms in total. The molecule has 8 atom stereocenters. The number of alkyl halides is 9. The molecule has 0 saturated carbocycles. The lowest BCUT2D eigenvalue weighted by Gasteiger charge is -2.50. The van der Waals surface area contributed by atoms with Gasteiger partial charge in [0, 0.05) is 12.0 Å². The van der Waals surface area contributed by atoms with Gasteiger partial charge in [-0.3, -0.25) is 9.59 Å². The molecular formula is C32H43F9O11. The monoisotopic (exact) mass is 774 g/mol. The molecule has 3 heterocycles. The highest BCUT2D eigenvalue weighted by atomic mass is 19.4. The molecule has 3 aliphatic heterocycles. The number of rotatable bonds is 13. The van der Waals surface area contributed by atoms with Gasteiger partial charge >= 0.3 is 36.4 Å². The first-order valence-electron chi connectivity index (χ1n) is 15.8. The molecule has 3 aliphatic rings. The van der Waals surface area contributed by atoms with E-state index in [1.165, 1.54) is 6.92 Å². The maximum absolute atomic E-state index is 14.0. The van der Waals surface area contributed by atoms with Crippen LogP contribution in [0.4, 0.5) is 39.5 Å². The summed E-state index contributed by atoms with van der Waals surface area (Å²) in [5, 5.41) is 20.6. The summed E-state index contributed by atoms with van der Waals surface area (Å²) in [7, 11) is 0. The summed E-state index contributed by atoms with van der Waals surface area (Å²) >= 11 is 0. The van der Waals surface area contributed by atoms with E-state index in [0.717, 1.165) is 41.5 Å². The molecule has 3 rings (SSSR count). The van der Waals surface area contributed by atoms with Gasteiger partial charge in [-0.2, -0.15) is 39.5 Å². The first-order valence-corrected chi connectivity index (χ1v) is 15.8. The molecule has 300 valence electrons. The number of carbonyl (C=O) groups is 3. The van der Waals surface area contributed by atoms with E-state index < -0.39 is 119 Å². The highest BCUT2D eigenvalue weighted by Gasteiger charge is 2.78. The Morgan fingerprint density at radius 1 is 0.788 bits per heavy atom. The Kier molecular flexibility index (Phi) is 10.9. The highest BCUT2D eigenvalue weighted by Crippen LogP contribution is 2.54. The molecular weight excluding hydrogens is 731 g/mol. The van der Waals surface area contributed by atoms with Crippen LogP contribution in [0.1, 0.15) is 75.7 Å². The average Bonchev–Trinajstić information content (AvgIpc) is 3.52. The third-order valence-electron chi connectivity index (χ3n) is 9.95. The summed E-state index contributed by atoms with van der Waals surface area (Å²) in [5.41, 5.74) is -19.6. The lowest BCUT2D eigenvalue weighted by molar-refractivity contribution is -0.422. The maximum Gasteiger partial charge on any atom is 0.429 e. The first kappa shape index (κ1) is 43.7. The smallest absolute Gasteiger partial charge is 0.429 e. The fraction of sp³-hybridized carbons (Fsp3) is 0.844. The largest absolute Gasteiger partial charge is 0.459 e. The summed E-state index contributed by atoms with van der Waals surface area (Å²) in [6.07, 6.45) is -25.9. The fourth-order valence-electron chi connectivity index (χ4n) is 6.87. The summed E-state index contributed by atoms with van der Waals surface area (Å²) in [5.74, 6) is -6.25. The third kappa shape index (κ3) is 7.38. The van der Waals surface area contributed by atoms with Crippen molar-refractivity contribution in [3.05, 3.63) is 12.2 Å². The minimum Gasteiger partial charge on any atom is -0.459 e. The van der Waals surface area contributed by atoms with Gasteiger partial charge in [-0.05, 0) is 69.2 Å². The van der Waals surface area contributed by atoms with Crippen LogP contribution in [0.5, 0.6) is 0 Å². The number of hydrogen-bond acceptors (Lipinski definition) is 11. The van der Waals surface area contributed by atoms with Gasteiger partial charge in [-0.1, -0.05) is 6.58 Å². The number of ether oxygens (including phenoxy) is 6. The van der Waals surface area contributed by atoms with Gasteiger partial charge in [0.25, 0.3) is 5.60 Å². The molecule has 3 saturated heterocycles. The number of aliphatic hydroxyl groups is 2. The Morgan fingerprint density at radius 2 is 1.29 bits per heavy atom. The van der Waals surface area contributed by atoms with Crippen molar-refractivity contribution in [2.45, 2.75) is 158 Å². The van der Waals surface area contributed by atoms with E-state index in [9.17, 15) is 64.1 Å². The van der Waals surface area contributed by atoms with Crippen LogP contribution in [0.3, 0.4) is 0 Å². The Morgan fingerprint density at radius 3 is 1.73 bits per heavy atom. The molecule has 52 heavy (non-hydrogen) atoms. The van der Waals surface area contributed by atoms with Crippen molar-refractivity contribution in [1.82, 2.24) is 0 Å². The number of carbonyl (C=O) groups excluding carboxylic acids is 3. The van der Waals surface area contributed by atoms with E-state index in [2.05, 4.69) is 6.58 Å². The minimum absolute atomic E-state index is 0.0725. The van der Waals surface area contributed by atoms with E-state index in [-0.39, 0.29) is 19.4 Å². The molecule has 0 aromatic heterocycles. The van der Waals surface area contributed by atoms with Gasteiger partial charge in [0.2, 0.25) is 0 Å². The zero-order chi connectivity index (χ0) is 40.8. The Hall–Kier alpha value is -2.68. The van der Waals surface area contributed by atoms with Crippen LogP contribution in [-0.4, -0.2) is 111 Å². The maximum atomic E-state index is 14.0. The van der Waals surface area contributed by atoms with Gasteiger partial charge in [0.1, 0.15) is 47.0 Å². The number of halogens is 9. The van der Waals surface area contributed by atoms with Crippen LogP contribution in [0.15, 0.2) is 12.2 Å². The van der Waals surface area contributed by atoms with E-state index in [0.29, 0.717) is 6.92 Å². The summed E-state index contributed by atoms with van der Waals surface area (Å²) in [6.45, 7) is 11.5. The topological polar surface area (TPSA) is 147 Å². The Bertz CT molecular complexity index is 1420. The van der Waals surface area contributed by atoms with E-state index in [1.54, 1.807) is 0 Å². The molecule has 2 bridgehead atoms. The van der Waals surface area contributed by atoms with Crippen LogP contribution >= 0.6 is 0 Å². The van der Waals surface area contributed by atoms with Gasteiger partial charge in [-0.15, -0.1) is 0 Å². The van der Waals surface area contributed by atoms with Crippen molar-refractivity contribution >= 4 is 17.9 Å². The second-order valence-electron chi connectivity index (χ2n) is 15.7. The first-order chi connectivity index (χ1) is 22.9. The molecule has 3 fully saturated rings. The van der Waals surface area contributed by atoms with Crippen LogP contribution < -0.4 is 0 Å². The summed E-state index contributed by atoms with van der Waals surface area (Å²) in [6, 6.07) is 0. The molecule has 20 heteroatoms. The Labute approximate surface area is 293 Å². The predicted molar refractivity (Wildman–Crippen MR) is 157 cm³/mol. The van der Waals surface area contributed by atoms with Crippen LogP contribution in [0.25, 0.3) is 0 Å². The van der Waals surface area contributed by atoms with Crippen LogP contribution in [-0.2, 0) is 42.8 Å². The highest BCUT2D eigenvalue weighted by molar-refractivity contribution is 5.89. The summed E-state index contributed by atoms with van der Waals surface area (Å²) < 4.78 is 158. The molecule has 2 N–H and O–H groups in total. The van der Waals surface area contributed by atoms with Crippen molar-refractivity contribution in [3.63, 3.8) is 0 Å². The zero-order valence-electron chi connectivity index (χ0n) is 29.9. The lowest BCUT2D eigenvalue weighted by atomic mass is 9.78. The van der Waals surface area contributed by atoms with Crippen molar-refractivity contribution < 1.29 is 92.5 Å². The molecule has 0 spiro atoms. The zero-order valence-corrected chi connectivity index (χ0v) is 29.9. The van der Waals surface area contributed by atoms with Gasteiger partial charge < -0.3 is 38.6 Å². The predicted octanol–water partition coefficient (Wildman–Crippen LogP) is 5.03. The van der Waals surface area contributed by atoms with Gasteiger partial charge in [0.05, 0.1) is 5.60 Å². The Balaban J connectivity index is 2.08. The standard InChI is InChI=1S/C32H43F9O11/c1-13(2)21(42)49-19-17-15(16-18(48-17)20(19)50-23(16)44)22(43)47-14(12-24(3,4)51-26(7,8)28(11,45)30(33,34)35)25(5,6)52-27(9,10)29(46,31(36,37)38)32(39,40)41/h14-20,45-46H,1,12H2,2-11H3. The van der Waals surface area contributed by atoms with E-state index >= 15 is 0 Å². The van der Waals surface area contributed by atoms with E-state index in [1.807, 2.05) is 0 Å². The van der Waals surface area contributed by atoms with Crippen molar-refractivity contribution in [1.29, 1.82) is 0 Å². The second-order valence-corrected chi connectivity index (χ2v) is 15.7. The van der Waals surface area contributed by atoms with Crippen molar-refractivity contribution in [2.75, 3.05) is 0 Å². The van der Waals surface area contributed by atoms with Gasteiger partial charge in [0.15, 0.2) is 17.8 Å². The molecule has 0 aromatic carbocycles.